The first-order valence-electron chi connectivity index (χ1n) is 6.98. The Morgan fingerprint density at radius 1 is 1.48 bits per heavy atom. The van der Waals surface area contributed by atoms with Crippen molar-refractivity contribution >= 4 is 17.3 Å². The van der Waals surface area contributed by atoms with E-state index in [1.807, 2.05) is 6.07 Å². The number of likely N-dealkylation sites (tertiary alicyclic amines) is 1. The van der Waals surface area contributed by atoms with Gasteiger partial charge in [0, 0.05) is 25.6 Å². The van der Waals surface area contributed by atoms with Crippen molar-refractivity contribution in [3.63, 3.8) is 0 Å². The molecule has 0 atom stereocenters. The molecule has 1 fully saturated rings. The first kappa shape index (κ1) is 15.2. The van der Waals surface area contributed by atoms with E-state index in [0.29, 0.717) is 12.2 Å². The number of nitrogens with two attached hydrogens (primary N) is 1. The van der Waals surface area contributed by atoms with Gasteiger partial charge in [0.15, 0.2) is 0 Å². The Hall–Kier alpha value is -2.15. The van der Waals surface area contributed by atoms with Crippen LogP contribution in [-0.4, -0.2) is 35.9 Å². The highest BCUT2D eigenvalue weighted by Crippen LogP contribution is 2.29. The van der Waals surface area contributed by atoms with Crippen molar-refractivity contribution in [2.45, 2.75) is 19.4 Å². The molecule has 1 saturated heterocycles. The Labute approximate surface area is 123 Å². The molecule has 1 aliphatic heterocycles. The largest absolute Gasteiger partial charge is 0.382 e. The Bertz CT molecular complexity index is 539. The molecule has 3 N–H and O–H groups in total. The lowest BCUT2D eigenvalue weighted by Crippen LogP contribution is -2.38. The summed E-state index contributed by atoms with van der Waals surface area (Å²) in [7, 11) is 1.69. The first-order chi connectivity index (χ1) is 10.0. The van der Waals surface area contributed by atoms with Gasteiger partial charge in [0.05, 0.1) is 4.92 Å². The molecule has 0 aliphatic carbocycles. The molecule has 7 heteroatoms. The number of anilines is 1. The second-order valence-electron chi connectivity index (χ2n) is 5.27. The minimum atomic E-state index is -0.380. The third kappa shape index (κ3) is 3.49. The molecule has 7 nitrogen and oxygen atoms in total. The number of nitrogens with one attached hydrogen (secondary N) is 1. The number of carbonyl (C=O) groups excluding carboxylic acids is 1. The molecule has 0 saturated carbocycles. The minimum absolute atomic E-state index is 0.0462. The van der Waals surface area contributed by atoms with Crippen molar-refractivity contribution in [1.29, 1.82) is 0 Å². The zero-order chi connectivity index (χ0) is 15.4. The smallest absolute Gasteiger partial charge is 0.292 e. The molecule has 21 heavy (non-hydrogen) atoms. The molecule has 114 valence electrons. The van der Waals surface area contributed by atoms with E-state index in [-0.39, 0.29) is 22.4 Å². The number of primary amides is 1. The summed E-state index contributed by atoms with van der Waals surface area (Å²) in [6.07, 6.45) is 1.50. The summed E-state index contributed by atoms with van der Waals surface area (Å²) in [4.78, 5) is 24.0. The fraction of sp³-hybridized carbons (Fsp3) is 0.500. The van der Waals surface area contributed by atoms with Crippen LogP contribution in [0.4, 0.5) is 11.4 Å². The summed E-state index contributed by atoms with van der Waals surface area (Å²) < 4.78 is 0. The SMILES string of the molecule is CNc1c(CN2CCC(C(N)=O)CC2)cccc1[N+](=O)[O-]. The van der Waals surface area contributed by atoms with E-state index < -0.39 is 0 Å². The number of piperidine rings is 1. The number of carbonyl (C=O) groups is 1. The van der Waals surface area contributed by atoms with Crippen LogP contribution in [0.25, 0.3) is 0 Å². The zero-order valence-corrected chi connectivity index (χ0v) is 12.0. The topological polar surface area (TPSA) is 102 Å². The summed E-state index contributed by atoms with van der Waals surface area (Å²) in [6.45, 7) is 2.18. The highest BCUT2D eigenvalue weighted by Gasteiger charge is 2.24. The number of hydrogen-bond acceptors (Lipinski definition) is 5. The number of para-hydroxylation sites is 1. The fourth-order valence-corrected chi connectivity index (χ4v) is 2.78. The van der Waals surface area contributed by atoms with Crippen LogP contribution >= 0.6 is 0 Å². The van der Waals surface area contributed by atoms with Crippen LogP contribution < -0.4 is 11.1 Å². The Morgan fingerprint density at radius 2 is 2.14 bits per heavy atom. The lowest BCUT2D eigenvalue weighted by atomic mass is 9.96. The molecular weight excluding hydrogens is 272 g/mol. The van der Waals surface area contributed by atoms with Gasteiger partial charge >= 0.3 is 0 Å². The predicted molar refractivity (Wildman–Crippen MR) is 79.8 cm³/mol. The third-order valence-corrected chi connectivity index (χ3v) is 3.96. The first-order valence-corrected chi connectivity index (χ1v) is 6.98. The maximum absolute atomic E-state index is 11.2. The summed E-state index contributed by atoms with van der Waals surface area (Å²) in [6, 6.07) is 5.08. The van der Waals surface area contributed by atoms with Crippen molar-refractivity contribution in [3.05, 3.63) is 33.9 Å². The van der Waals surface area contributed by atoms with Gasteiger partial charge in [-0.1, -0.05) is 12.1 Å². The van der Waals surface area contributed by atoms with Gasteiger partial charge in [0.25, 0.3) is 5.69 Å². The second kappa shape index (κ2) is 6.53. The molecule has 1 aromatic rings. The molecule has 1 amide bonds. The normalized spacial score (nSPS) is 16.6. The Balaban J connectivity index is 2.09. The van der Waals surface area contributed by atoms with Crippen molar-refractivity contribution in [1.82, 2.24) is 4.90 Å². The Morgan fingerprint density at radius 3 is 2.67 bits per heavy atom. The molecule has 2 rings (SSSR count). The molecular formula is C14H20N4O3. The van der Waals surface area contributed by atoms with Crippen molar-refractivity contribution in [2.75, 3.05) is 25.5 Å². The molecule has 0 spiro atoms. The van der Waals surface area contributed by atoms with Gasteiger partial charge in [-0.05, 0) is 31.5 Å². The second-order valence-corrected chi connectivity index (χ2v) is 5.27. The van der Waals surface area contributed by atoms with Gasteiger partial charge in [0.1, 0.15) is 5.69 Å². The maximum atomic E-state index is 11.2. The van der Waals surface area contributed by atoms with Crippen LogP contribution in [0.2, 0.25) is 0 Å². The van der Waals surface area contributed by atoms with E-state index in [0.717, 1.165) is 31.5 Å². The van der Waals surface area contributed by atoms with Gasteiger partial charge in [-0.2, -0.15) is 0 Å². The molecule has 0 radical (unpaired) electrons. The number of nitro benzene ring substituents is 1. The third-order valence-electron chi connectivity index (χ3n) is 3.96. The summed E-state index contributed by atoms with van der Waals surface area (Å²) >= 11 is 0. The van der Waals surface area contributed by atoms with Gasteiger partial charge in [0.2, 0.25) is 5.91 Å². The van der Waals surface area contributed by atoms with Crippen LogP contribution in [0, 0.1) is 16.0 Å². The average molecular weight is 292 g/mol. The molecule has 0 bridgehead atoms. The number of nitro groups is 1. The average Bonchev–Trinajstić information content (AvgIpc) is 2.47. The molecule has 0 aromatic heterocycles. The van der Waals surface area contributed by atoms with Crippen LogP contribution in [0.15, 0.2) is 18.2 Å². The molecule has 1 heterocycles. The molecule has 0 unspecified atom stereocenters. The van der Waals surface area contributed by atoms with Gasteiger partial charge in [-0.25, -0.2) is 0 Å². The molecule has 1 aliphatic rings. The van der Waals surface area contributed by atoms with Crippen LogP contribution in [-0.2, 0) is 11.3 Å². The summed E-state index contributed by atoms with van der Waals surface area (Å²) in [5, 5.41) is 14.0. The van der Waals surface area contributed by atoms with E-state index in [1.54, 1.807) is 13.1 Å². The van der Waals surface area contributed by atoms with E-state index in [4.69, 9.17) is 5.73 Å². The lowest BCUT2D eigenvalue weighted by molar-refractivity contribution is -0.384. The zero-order valence-electron chi connectivity index (χ0n) is 12.0. The van der Waals surface area contributed by atoms with Crippen LogP contribution in [0.1, 0.15) is 18.4 Å². The number of hydrogen-bond donors (Lipinski definition) is 2. The highest BCUT2D eigenvalue weighted by molar-refractivity contribution is 5.76. The van der Waals surface area contributed by atoms with Crippen molar-refractivity contribution < 1.29 is 9.72 Å². The molecule has 1 aromatic carbocycles. The van der Waals surface area contributed by atoms with Crippen molar-refractivity contribution in [3.8, 4) is 0 Å². The number of rotatable bonds is 5. The number of benzene rings is 1. The number of amides is 1. The lowest BCUT2D eigenvalue weighted by Gasteiger charge is -2.30. The van der Waals surface area contributed by atoms with E-state index in [1.165, 1.54) is 6.07 Å². The monoisotopic (exact) mass is 292 g/mol. The Kier molecular flexibility index (Phi) is 4.74. The van der Waals surface area contributed by atoms with Gasteiger partial charge in [-0.15, -0.1) is 0 Å². The maximum Gasteiger partial charge on any atom is 0.292 e. The standard InChI is InChI=1S/C14H20N4O3/c1-16-13-11(3-2-4-12(13)18(20)21)9-17-7-5-10(6-8-17)14(15)19/h2-4,10,16H,5-9H2,1H3,(H2,15,19). The summed E-state index contributed by atoms with van der Waals surface area (Å²) in [5.41, 5.74) is 6.85. The van der Waals surface area contributed by atoms with Crippen LogP contribution in [0.3, 0.4) is 0 Å². The minimum Gasteiger partial charge on any atom is -0.382 e. The van der Waals surface area contributed by atoms with E-state index >= 15 is 0 Å². The fourth-order valence-electron chi connectivity index (χ4n) is 2.78. The number of nitrogens with zero attached hydrogens (tertiary/aromatic N) is 2. The van der Waals surface area contributed by atoms with E-state index in [2.05, 4.69) is 10.2 Å². The van der Waals surface area contributed by atoms with Gasteiger partial charge in [-0.3, -0.25) is 19.8 Å². The summed E-state index contributed by atoms with van der Waals surface area (Å²) in [5.74, 6) is -0.281. The quantitative estimate of drug-likeness (QED) is 0.630. The van der Waals surface area contributed by atoms with Crippen LogP contribution in [0.5, 0.6) is 0 Å². The van der Waals surface area contributed by atoms with E-state index in [9.17, 15) is 14.9 Å². The van der Waals surface area contributed by atoms with Crippen molar-refractivity contribution in [2.24, 2.45) is 11.7 Å². The van der Waals surface area contributed by atoms with Gasteiger partial charge < -0.3 is 11.1 Å². The predicted octanol–water partition coefficient (Wildman–Crippen LogP) is 1.33. The highest BCUT2D eigenvalue weighted by atomic mass is 16.6.